The van der Waals surface area contributed by atoms with E-state index in [2.05, 4.69) is 24.1 Å². The molecule has 0 amide bonds. The van der Waals surface area contributed by atoms with Crippen LogP contribution < -0.4 is 9.47 Å². The Morgan fingerprint density at radius 1 is 1.16 bits per heavy atom. The van der Waals surface area contributed by atoms with Crippen molar-refractivity contribution in [2.45, 2.75) is 13.1 Å². The normalized spacial score (nSPS) is 13.2. The molecule has 0 saturated heterocycles. The Hall–Kier alpha value is -1.23. The molecule has 0 spiro atoms. The highest BCUT2D eigenvalue weighted by Gasteiger charge is 2.14. The minimum absolute atomic E-state index is 0.322. The summed E-state index contributed by atoms with van der Waals surface area (Å²) < 4.78 is 11.5. The Morgan fingerprint density at radius 2 is 2.00 bits per heavy atom. The van der Waals surface area contributed by atoms with Gasteiger partial charge in [-0.15, -0.1) is 11.3 Å². The van der Waals surface area contributed by atoms with Gasteiger partial charge in [0.25, 0.3) is 0 Å². The van der Waals surface area contributed by atoms with E-state index in [1.807, 2.05) is 18.2 Å². The summed E-state index contributed by atoms with van der Waals surface area (Å²) in [5.41, 5.74) is 1.22. The van der Waals surface area contributed by atoms with Gasteiger partial charge in [0.2, 0.25) is 6.79 Å². The van der Waals surface area contributed by atoms with Gasteiger partial charge in [0, 0.05) is 18.0 Å². The van der Waals surface area contributed by atoms with E-state index in [9.17, 15) is 0 Å². The minimum atomic E-state index is 0.322. The zero-order valence-electron chi connectivity index (χ0n) is 10.6. The van der Waals surface area contributed by atoms with Gasteiger partial charge in [-0.2, -0.15) is 0 Å². The van der Waals surface area contributed by atoms with Crippen molar-refractivity contribution in [1.82, 2.24) is 4.90 Å². The Morgan fingerprint density at radius 3 is 2.79 bits per heavy atom. The first kappa shape index (κ1) is 12.8. The molecule has 5 heteroatoms. The maximum Gasteiger partial charge on any atom is 0.231 e. The molecule has 3 rings (SSSR count). The smallest absolute Gasteiger partial charge is 0.231 e. The molecule has 19 heavy (non-hydrogen) atoms. The third kappa shape index (κ3) is 3.03. The van der Waals surface area contributed by atoms with Crippen LogP contribution in [-0.2, 0) is 13.1 Å². The van der Waals surface area contributed by atoms with Gasteiger partial charge in [-0.1, -0.05) is 17.7 Å². The van der Waals surface area contributed by atoms with Crippen LogP contribution in [-0.4, -0.2) is 18.7 Å². The fourth-order valence-electron chi connectivity index (χ4n) is 2.11. The Bertz CT molecular complexity index is 585. The van der Waals surface area contributed by atoms with Crippen LogP contribution >= 0.6 is 22.9 Å². The lowest BCUT2D eigenvalue weighted by Crippen LogP contribution is -2.16. The molecule has 1 aromatic heterocycles. The number of halogens is 1. The number of nitrogens with zero attached hydrogens (tertiary/aromatic N) is 1. The van der Waals surface area contributed by atoms with E-state index in [-0.39, 0.29) is 0 Å². The first-order chi connectivity index (χ1) is 9.20. The van der Waals surface area contributed by atoms with Gasteiger partial charge in [0.15, 0.2) is 11.5 Å². The molecule has 0 atom stereocenters. The monoisotopic (exact) mass is 295 g/mol. The average Bonchev–Trinajstić information content (AvgIpc) is 2.97. The average molecular weight is 296 g/mol. The molecule has 0 N–H and O–H groups in total. The molecular formula is C14H14ClNO2S. The zero-order valence-corrected chi connectivity index (χ0v) is 12.1. The number of fused-ring (bicyclic) bond motifs is 1. The van der Waals surface area contributed by atoms with Gasteiger partial charge in [0.1, 0.15) is 0 Å². The van der Waals surface area contributed by atoms with E-state index in [1.165, 1.54) is 10.4 Å². The summed E-state index contributed by atoms with van der Waals surface area (Å²) in [7, 11) is 2.10. The third-order valence-corrected chi connectivity index (χ3v) is 4.16. The summed E-state index contributed by atoms with van der Waals surface area (Å²) in [5.74, 6) is 1.67. The summed E-state index contributed by atoms with van der Waals surface area (Å²) >= 11 is 7.56. The van der Waals surface area contributed by atoms with Crippen LogP contribution in [0.15, 0.2) is 30.3 Å². The summed E-state index contributed by atoms with van der Waals surface area (Å²) in [6, 6.07) is 10.1. The molecule has 0 unspecified atom stereocenters. The first-order valence-corrected chi connectivity index (χ1v) is 7.21. The number of rotatable bonds is 4. The second-order valence-corrected chi connectivity index (χ2v) is 6.37. The van der Waals surface area contributed by atoms with E-state index < -0.39 is 0 Å². The van der Waals surface area contributed by atoms with Crippen LogP contribution in [0.5, 0.6) is 11.5 Å². The van der Waals surface area contributed by atoms with E-state index in [1.54, 1.807) is 11.3 Å². The highest BCUT2D eigenvalue weighted by atomic mass is 35.5. The SMILES string of the molecule is CN(Cc1ccc2c(c1)OCO2)Cc1ccc(Cl)s1. The van der Waals surface area contributed by atoms with Crippen molar-refractivity contribution in [3.05, 3.63) is 45.1 Å². The van der Waals surface area contributed by atoms with Crippen molar-refractivity contribution in [3.8, 4) is 11.5 Å². The molecule has 1 aromatic carbocycles. The van der Waals surface area contributed by atoms with Crippen LogP contribution in [0.1, 0.15) is 10.4 Å². The number of thiophene rings is 1. The molecule has 0 radical (unpaired) electrons. The lowest BCUT2D eigenvalue weighted by Gasteiger charge is -2.15. The Kier molecular flexibility index (Phi) is 3.64. The van der Waals surface area contributed by atoms with Gasteiger partial charge >= 0.3 is 0 Å². The van der Waals surface area contributed by atoms with Crippen molar-refractivity contribution in [2.75, 3.05) is 13.8 Å². The molecule has 0 saturated carbocycles. The lowest BCUT2D eigenvalue weighted by molar-refractivity contribution is 0.174. The van der Waals surface area contributed by atoms with E-state index in [0.717, 1.165) is 28.9 Å². The molecule has 3 nitrogen and oxygen atoms in total. The molecule has 2 aromatic rings. The summed E-state index contributed by atoms with van der Waals surface area (Å²) in [6.45, 7) is 2.08. The minimum Gasteiger partial charge on any atom is -0.454 e. The van der Waals surface area contributed by atoms with Crippen molar-refractivity contribution < 1.29 is 9.47 Å². The van der Waals surface area contributed by atoms with E-state index in [0.29, 0.717) is 6.79 Å². The quantitative estimate of drug-likeness (QED) is 0.857. The van der Waals surface area contributed by atoms with Crippen LogP contribution in [0.3, 0.4) is 0 Å². The van der Waals surface area contributed by atoms with Crippen molar-refractivity contribution in [1.29, 1.82) is 0 Å². The van der Waals surface area contributed by atoms with Gasteiger partial charge in [0.05, 0.1) is 4.34 Å². The molecule has 0 fully saturated rings. The zero-order chi connectivity index (χ0) is 13.2. The fraction of sp³-hybridized carbons (Fsp3) is 0.286. The van der Waals surface area contributed by atoms with Gasteiger partial charge in [-0.25, -0.2) is 0 Å². The van der Waals surface area contributed by atoms with Crippen molar-refractivity contribution >= 4 is 22.9 Å². The second-order valence-electron chi connectivity index (χ2n) is 4.57. The summed E-state index contributed by atoms with van der Waals surface area (Å²) in [4.78, 5) is 3.52. The molecule has 1 aliphatic rings. The fourth-order valence-corrected chi connectivity index (χ4v) is 3.28. The van der Waals surface area contributed by atoms with Gasteiger partial charge < -0.3 is 9.47 Å². The maximum absolute atomic E-state index is 5.94. The molecule has 1 aliphatic heterocycles. The molecule has 0 bridgehead atoms. The predicted molar refractivity (Wildman–Crippen MR) is 77.1 cm³/mol. The Balaban J connectivity index is 1.64. The highest BCUT2D eigenvalue weighted by Crippen LogP contribution is 2.33. The highest BCUT2D eigenvalue weighted by molar-refractivity contribution is 7.16. The first-order valence-electron chi connectivity index (χ1n) is 6.02. The van der Waals surface area contributed by atoms with Crippen molar-refractivity contribution in [2.24, 2.45) is 0 Å². The number of ether oxygens (including phenoxy) is 2. The topological polar surface area (TPSA) is 21.7 Å². The Labute approximate surface area is 121 Å². The van der Waals surface area contributed by atoms with Crippen LogP contribution in [0.2, 0.25) is 4.34 Å². The maximum atomic E-state index is 5.94. The van der Waals surface area contributed by atoms with Crippen LogP contribution in [0.25, 0.3) is 0 Å². The van der Waals surface area contributed by atoms with E-state index >= 15 is 0 Å². The number of benzene rings is 1. The summed E-state index contributed by atoms with van der Waals surface area (Å²) in [6.07, 6.45) is 0. The molecule has 2 heterocycles. The van der Waals surface area contributed by atoms with E-state index in [4.69, 9.17) is 21.1 Å². The van der Waals surface area contributed by atoms with Gasteiger partial charge in [-0.05, 0) is 36.9 Å². The number of hydrogen-bond acceptors (Lipinski definition) is 4. The van der Waals surface area contributed by atoms with Crippen LogP contribution in [0, 0.1) is 0 Å². The van der Waals surface area contributed by atoms with Gasteiger partial charge in [-0.3, -0.25) is 4.90 Å². The second kappa shape index (κ2) is 5.41. The molecule has 100 valence electrons. The summed E-state index contributed by atoms with van der Waals surface area (Å²) in [5, 5.41) is 0. The molecular weight excluding hydrogens is 282 g/mol. The standard InChI is InChI=1S/C14H14ClNO2S/c1-16(8-11-3-5-14(15)19-11)7-10-2-4-12-13(6-10)18-9-17-12/h2-6H,7-9H2,1H3. The third-order valence-electron chi connectivity index (χ3n) is 2.94. The number of hydrogen-bond donors (Lipinski definition) is 0. The van der Waals surface area contributed by atoms with Crippen LogP contribution in [0.4, 0.5) is 0 Å². The lowest BCUT2D eigenvalue weighted by atomic mass is 10.2. The van der Waals surface area contributed by atoms with Crippen molar-refractivity contribution in [3.63, 3.8) is 0 Å². The molecule has 0 aliphatic carbocycles. The predicted octanol–water partition coefficient (Wildman–Crippen LogP) is 3.76. The largest absolute Gasteiger partial charge is 0.454 e.